The molecule has 3 heterocycles. The Morgan fingerprint density at radius 3 is 2.85 bits per heavy atom. The Labute approximate surface area is 155 Å². The van der Waals surface area contributed by atoms with Gasteiger partial charge in [-0.15, -0.1) is 0 Å². The summed E-state index contributed by atoms with van der Waals surface area (Å²) >= 11 is 0. The van der Waals surface area contributed by atoms with Gasteiger partial charge in [-0.3, -0.25) is 4.79 Å². The van der Waals surface area contributed by atoms with Gasteiger partial charge in [0.15, 0.2) is 5.69 Å². The standard InChI is InChI=1S/C18H19N5O4/c1-11-3-4-13(25-2)12(9-11)21-17(24)15-14-16(23-5-7-26-8-6-23)19-10-20-18(14)27-22-15/h3-4,9-10H,5-8H2,1-2H3,(H,21,24). The summed E-state index contributed by atoms with van der Waals surface area (Å²) in [6, 6.07) is 5.54. The number of hydrogen-bond acceptors (Lipinski definition) is 8. The van der Waals surface area contributed by atoms with Crippen molar-refractivity contribution in [3.8, 4) is 5.75 Å². The van der Waals surface area contributed by atoms with E-state index in [0.717, 1.165) is 5.56 Å². The number of carbonyl (C=O) groups excluding carboxylic acids is 1. The van der Waals surface area contributed by atoms with Gasteiger partial charge >= 0.3 is 0 Å². The zero-order chi connectivity index (χ0) is 18.8. The Hall–Kier alpha value is -3.20. The van der Waals surface area contributed by atoms with E-state index in [0.29, 0.717) is 48.9 Å². The Morgan fingerprint density at radius 1 is 1.26 bits per heavy atom. The van der Waals surface area contributed by atoms with Crippen LogP contribution < -0.4 is 15.0 Å². The minimum Gasteiger partial charge on any atom is -0.495 e. The second-order valence-electron chi connectivity index (χ2n) is 6.17. The summed E-state index contributed by atoms with van der Waals surface area (Å²) in [7, 11) is 1.55. The van der Waals surface area contributed by atoms with Crippen LogP contribution in [-0.4, -0.2) is 54.4 Å². The maximum absolute atomic E-state index is 12.9. The van der Waals surface area contributed by atoms with Crippen molar-refractivity contribution in [1.82, 2.24) is 15.1 Å². The first kappa shape index (κ1) is 17.2. The molecule has 0 bridgehead atoms. The number of nitrogens with one attached hydrogen (secondary N) is 1. The number of aromatic nitrogens is 3. The van der Waals surface area contributed by atoms with Gasteiger partial charge in [-0.2, -0.15) is 4.98 Å². The van der Waals surface area contributed by atoms with Gasteiger partial charge in [0.1, 0.15) is 23.3 Å². The van der Waals surface area contributed by atoms with Crippen LogP contribution in [0.5, 0.6) is 5.75 Å². The summed E-state index contributed by atoms with van der Waals surface area (Å²) in [5.41, 5.74) is 1.96. The highest BCUT2D eigenvalue weighted by Gasteiger charge is 2.25. The van der Waals surface area contributed by atoms with Gasteiger partial charge in [0, 0.05) is 13.1 Å². The number of aryl methyl sites for hydroxylation is 1. The minimum atomic E-state index is -0.415. The summed E-state index contributed by atoms with van der Waals surface area (Å²) in [5.74, 6) is 0.763. The topological polar surface area (TPSA) is 103 Å². The molecule has 1 amide bonds. The molecule has 1 aliphatic rings. The predicted octanol–water partition coefficient (Wildman–Crippen LogP) is 2.02. The van der Waals surface area contributed by atoms with Crippen molar-refractivity contribution in [1.29, 1.82) is 0 Å². The zero-order valence-corrected chi connectivity index (χ0v) is 15.1. The van der Waals surface area contributed by atoms with E-state index < -0.39 is 5.91 Å². The molecule has 1 N–H and O–H groups in total. The van der Waals surface area contributed by atoms with E-state index in [-0.39, 0.29) is 11.4 Å². The van der Waals surface area contributed by atoms with Gasteiger partial charge in [0.2, 0.25) is 0 Å². The molecule has 0 unspecified atom stereocenters. The van der Waals surface area contributed by atoms with Crippen molar-refractivity contribution in [3.63, 3.8) is 0 Å². The van der Waals surface area contributed by atoms with E-state index in [1.54, 1.807) is 13.2 Å². The number of ether oxygens (including phenoxy) is 2. The summed E-state index contributed by atoms with van der Waals surface area (Å²) in [4.78, 5) is 23.4. The molecule has 0 atom stereocenters. The lowest BCUT2D eigenvalue weighted by Crippen LogP contribution is -2.37. The fourth-order valence-electron chi connectivity index (χ4n) is 3.04. The molecule has 1 aromatic carbocycles. The van der Waals surface area contributed by atoms with Gasteiger partial charge in [-0.1, -0.05) is 11.2 Å². The molecule has 27 heavy (non-hydrogen) atoms. The van der Waals surface area contributed by atoms with Crippen molar-refractivity contribution in [2.24, 2.45) is 0 Å². The first-order chi connectivity index (χ1) is 13.2. The molecule has 4 rings (SSSR count). The molecular formula is C18H19N5O4. The average molecular weight is 369 g/mol. The number of benzene rings is 1. The largest absolute Gasteiger partial charge is 0.495 e. The second-order valence-corrected chi connectivity index (χ2v) is 6.17. The summed E-state index contributed by atoms with van der Waals surface area (Å²) in [6.07, 6.45) is 1.41. The number of amides is 1. The van der Waals surface area contributed by atoms with Crippen LogP contribution in [0.15, 0.2) is 29.0 Å². The third kappa shape index (κ3) is 3.28. The molecule has 0 saturated carbocycles. The molecule has 9 nitrogen and oxygen atoms in total. The quantitative estimate of drug-likeness (QED) is 0.745. The second kappa shape index (κ2) is 7.20. The van der Waals surface area contributed by atoms with Gasteiger partial charge < -0.3 is 24.2 Å². The van der Waals surface area contributed by atoms with Crippen molar-refractivity contribution in [2.45, 2.75) is 6.92 Å². The lowest BCUT2D eigenvalue weighted by molar-refractivity contribution is 0.101. The number of nitrogens with zero attached hydrogens (tertiary/aromatic N) is 4. The van der Waals surface area contributed by atoms with E-state index >= 15 is 0 Å². The first-order valence-electron chi connectivity index (χ1n) is 8.56. The third-order valence-corrected chi connectivity index (χ3v) is 4.38. The molecule has 2 aromatic heterocycles. The smallest absolute Gasteiger partial charge is 0.278 e. The third-order valence-electron chi connectivity index (χ3n) is 4.38. The molecule has 1 aliphatic heterocycles. The van der Waals surface area contributed by atoms with Gasteiger partial charge in [0.25, 0.3) is 11.6 Å². The Balaban J connectivity index is 1.71. The Morgan fingerprint density at radius 2 is 2.07 bits per heavy atom. The van der Waals surface area contributed by atoms with Crippen LogP contribution in [0.4, 0.5) is 11.5 Å². The molecular weight excluding hydrogens is 350 g/mol. The number of morpholine rings is 1. The molecule has 1 saturated heterocycles. The van der Waals surface area contributed by atoms with E-state index in [1.807, 2.05) is 24.0 Å². The number of anilines is 2. The highest BCUT2D eigenvalue weighted by molar-refractivity contribution is 6.13. The number of fused-ring (bicyclic) bond motifs is 1. The van der Waals surface area contributed by atoms with Crippen LogP contribution >= 0.6 is 0 Å². The van der Waals surface area contributed by atoms with Crippen LogP contribution in [0.2, 0.25) is 0 Å². The monoisotopic (exact) mass is 369 g/mol. The predicted molar refractivity (Wildman–Crippen MR) is 98.3 cm³/mol. The van der Waals surface area contributed by atoms with E-state index in [9.17, 15) is 4.79 Å². The van der Waals surface area contributed by atoms with Crippen molar-refractivity contribution >= 4 is 28.5 Å². The molecule has 1 fully saturated rings. The van der Waals surface area contributed by atoms with Gasteiger partial charge in [-0.25, -0.2) is 4.98 Å². The van der Waals surface area contributed by atoms with Crippen molar-refractivity contribution in [2.75, 3.05) is 43.6 Å². The van der Waals surface area contributed by atoms with E-state index in [4.69, 9.17) is 14.0 Å². The van der Waals surface area contributed by atoms with Crippen LogP contribution in [0.25, 0.3) is 11.1 Å². The number of hydrogen-bond donors (Lipinski definition) is 1. The lowest BCUT2D eigenvalue weighted by Gasteiger charge is -2.27. The molecule has 0 spiro atoms. The normalized spacial score (nSPS) is 14.4. The lowest BCUT2D eigenvalue weighted by atomic mass is 10.2. The molecule has 9 heteroatoms. The van der Waals surface area contributed by atoms with Gasteiger partial charge in [-0.05, 0) is 24.6 Å². The van der Waals surface area contributed by atoms with Crippen LogP contribution in [-0.2, 0) is 4.74 Å². The summed E-state index contributed by atoms with van der Waals surface area (Å²) in [5, 5.41) is 7.27. The van der Waals surface area contributed by atoms with Crippen molar-refractivity contribution in [3.05, 3.63) is 35.8 Å². The SMILES string of the molecule is COc1ccc(C)cc1NC(=O)c1noc2ncnc(N3CCOCC3)c12. The van der Waals surface area contributed by atoms with Crippen LogP contribution in [0, 0.1) is 6.92 Å². The first-order valence-corrected chi connectivity index (χ1v) is 8.56. The highest BCUT2D eigenvalue weighted by atomic mass is 16.5. The fraction of sp³-hybridized carbons (Fsp3) is 0.333. The zero-order valence-electron chi connectivity index (χ0n) is 15.1. The van der Waals surface area contributed by atoms with Crippen LogP contribution in [0.1, 0.15) is 16.1 Å². The number of carbonyl (C=O) groups is 1. The van der Waals surface area contributed by atoms with Crippen LogP contribution in [0.3, 0.4) is 0 Å². The number of methoxy groups -OCH3 is 1. The highest BCUT2D eigenvalue weighted by Crippen LogP contribution is 2.29. The maximum Gasteiger partial charge on any atom is 0.278 e. The van der Waals surface area contributed by atoms with E-state index in [2.05, 4.69) is 20.4 Å². The van der Waals surface area contributed by atoms with Crippen molar-refractivity contribution < 1.29 is 18.8 Å². The Bertz CT molecular complexity index is 981. The molecule has 0 radical (unpaired) electrons. The van der Waals surface area contributed by atoms with E-state index in [1.165, 1.54) is 6.33 Å². The summed E-state index contributed by atoms with van der Waals surface area (Å²) in [6.45, 7) is 4.47. The molecule has 0 aliphatic carbocycles. The summed E-state index contributed by atoms with van der Waals surface area (Å²) < 4.78 is 16.0. The molecule has 3 aromatic rings. The molecule has 140 valence electrons. The number of rotatable bonds is 4. The minimum absolute atomic E-state index is 0.135. The maximum atomic E-state index is 12.9. The van der Waals surface area contributed by atoms with Gasteiger partial charge in [0.05, 0.1) is 26.0 Å². The Kier molecular flexibility index (Phi) is 4.59. The fourth-order valence-corrected chi connectivity index (χ4v) is 3.04. The average Bonchev–Trinajstić information content (AvgIpc) is 3.13.